The van der Waals surface area contributed by atoms with Gasteiger partial charge in [0, 0.05) is 45.0 Å². The van der Waals surface area contributed by atoms with Gasteiger partial charge in [-0.3, -0.25) is 4.90 Å². The van der Waals surface area contributed by atoms with E-state index in [-0.39, 0.29) is 0 Å². The lowest BCUT2D eigenvalue weighted by atomic mass is 10.2. The quantitative estimate of drug-likeness (QED) is 0.859. The molecule has 1 saturated heterocycles. The summed E-state index contributed by atoms with van der Waals surface area (Å²) in [5.74, 6) is 0. The van der Waals surface area contributed by atoms with Gasteiger partial charge in [-0.15, -0.1) is 0 Å². The van der Waals surface area contributed by atoms with Crippen molar-refractivity contribution in [2.24, 2.45) is 0 Å². The van der Waals surface area contributed by atoms with Crippen LogP contribution in [0.5, 0.6) is 0 Å². The lowest BCUT2D eigenvalue weighted by Gasteiger charge is -2.37. The molecule has 0 bridgehead atoms. The Balaban J connectivity index is 1.93. The Kier molecular flexibility index (Phi) is 5.83. The first-order valence-electron chi connectivity index (χ1n) is 7.91. The van der Waals surface area contributed by atoms with Gasteiger partial charge < -0.3 is 10.2 Å². The molecule has 0 radical (unpaired) electrons. The van der Waals surface area contributed by atoms with Gasteiger partial charge in [0.25, 0.3) is 0 Å². The van der Waals surface area contributed by atoms with Crippen molar-refractivity contribution in [1.82, 2.24) is 9.80 Å². The van der Waals surface area contributed by atoms with Crippen LogP contribution >= 0.6 is 0 Å². The molecule has 0 spiro atoms. The lowest BCUT2D eigenvalue weighted by Crippen LogP contribution is -2.51. The lowest BCUT2D eigenvalue weighted by molar-refractivity contribution is 0.110. The summed E-state index contributed by atoms with van der Waals surface area (Å²) in [5, 5.41) is 3.31. The second-order valence-corrected chi connectivity index (χ2v) is 7.95. The van der Waals surface area contributed by atoms with E-state index in [4.69, 9.17) is 0 Å². The molecule has 6 heteroatoms. The van der Waals surface area contributed by atoms with E-state index in [0.717, 1.165) is 39.3 Å². The smallest absolute Gasteiger partial charge is 0.177 e. The van der Waals surface area contributed by atoms with Crippen molar-refractivity contribution < 1.29 is 8.42 Å². The van der Waals surface area contributed by atoms with E-state index in [0.29, 0.717) is 16.6 Å². The van der Waals surface area contributed by atoms with Gasteiger partial charge in [-0.05, 0) is 25.6 Å². The largest absolute Gasteiger partial charge is 0.382 e. The number of hydrogen-bond donors (Lipinski definition) is 1. The van der Waals surface area contributed by atoms with Crippen LogP contribution in [0.25, 0.3) is 0 Å². The number of likely N-dealkylation sites (N-methyl/N-ethyl adjacent to an activating group) is 1. The molecule has 1 aromatic rings. The van der Waals surface area contributed by atoms with Crippen molar-refractivity contribution >= 4 is 15.5 Å². The van der Waals surface area contributed by atoms with Crippen LogP contribution in [-0.2, 0) is 9.84 Å². The average Bonchev–Trinajstić information content (AvgIpc) is 2.52. The molecule has 1 heterocycles. The maximum Gasteiger partial charge on any atom is 0.177 e. The number of nitrogens with one attached hydrogen (secondary N) is 1. The fourth-order valence-electron chi connectivity index (χ4n) is 2.84. The Morgan fingerprint density at radius 2 is 1.82 bits per heavy atom. The Morgan fingerprint density at radius 1 is 1.18 bits per heavy atom. The van der Waals surface area contributed by atoms with E-state index in [1.54, 1.807) is 12.1 Å². The van der Waals surface area contributed by atoms with Gasteiger partial charge in [-0.2, -0.15) is 0 Å². The zero-order valence-corrected chi connectivity index (χ0v) is 14.6. The zero-order chi connectivity index (χ0) is 16.2. The first kappa shape index (κ1) is 17.2. The van der Waals surface area contributed by atoms with Gasteiger partial charge in [0.2, 0.25) is 0 Å². The highest BCUT2D eigenvalue weighted by Crippen LogP contribution is 2.20. The zero-order valence-electron chi connectivity index (χ0n) is 13.7. The minimum absolute atomic E-state index is 0.373. The summed E-state index contributed by atoms with van der Waals surface area (Å²) in [4.78, 5) is 5.29. The van der Waals surface area contributed by atoms with E-state index >= 15 is 0 Å². The average molecular weight is 325 g/mol. The maximum absolute atomic E-state index is 11.8. The monoisotopic (exact) mass is 325 g/mol. The molecular weight excluding hydrogens is 298 g/mol. The molecule has 1 aliphatic heterocycles. The first-order chi connectivity index (χ1) is 10.4. The van der Waals surface area contributed by atoms with E-state index < -0.39 is 9.84 Å². The molecule has 124 valence electrons. The van der Waals surface area contributed by atoms with Crippen molar-refractivity contribution in [3.8, 4) is 0 Å². The molecule has 1 atom stereocenters. The van der Waals surface area contributed by atoms with Gasteiger partial charge in [0.1, 0.15) is 0 Å². The molecule has 1 fully saturated rings. The summed E-state index contributed by atoms with van der Waals surface area (Å²) >= 11 is 0. The Labute approximate surface area is 134 Å². The first-order valence-corrected chi connectivity index (χ1v) is 9.80. The van der Waals surface area contributed by atoms with Crippen LogP contribution in [0.1, 0.15) is 13.8 Å². The number of rotatable bonds is 6. The van der Waals surface area contributed by atoms with Crippen LogP contribution in [0.3, 0.4) is 0 Å². The minimum Gasteiger partial charge on any atom is -0.382 e. The summed E-state index contributed by atoms with van der Waals surface area (Å²) in [7, 11) is -3.20. The van der Waals surface area contributed by atoms with Crippen LogP contribution in [0.15, 0.2) is 29.2 Å². The number of hydrogen-bond acceptors (Lipinski definition) is 5. The molecule has 2 rings (SSSR count). The standard InChI is InChI=1S/C16H27N3O2S/c1-4-18-9-11-19(12-10-18)14(2)13-17-15-7-5-6-8-16(15)22(3,20)21/h5-8,14,17H,4,9-13H2,1-3H3/t14-/m0/s1. The molecule has 1 N–H and O–H groups in total. The van der Waals surface area contributed by atoms with Crippen molar-refractivity contribution in [1.29, 1.82) is 0 Å². The summed E-state index contributed by atoms with van der Waals surface area (Å²) in [6.45, 7) is 10.6. The SMILES string of the molecule is CCN1CCN([C@@H](C)CNc2ccccc2S(C)(=O)=O)CC1. The maximum atomic E-state index is 11.8. The predicted octanol–water partition coefficient (Wildman–Crippen LogP) is 1.53. The summed E-state index contributed by atoms with van der Waals surface area (Å²) < 4.78 is 23.6. The summed E-state index contributed by atoms with van der Waals surface area (Å²) in [6.07, 6.45) is 1.25. The van der Waals surface area contributed by atoms with Crippen LogP contribution < -0.4 is 5.32 Å². The Bertz CT molecular complexity index is 581. The predicted molar refractivity (Wildman–Crippen MR) is 91.2 cm³/mol. The highest BCUT2D eigenvalue weighted by molar-refractivity contribution is 7.90. The number of sulfone groups is 1. The Hall–Kier alpha value is -1.11. The molecule has 22 heavy (non-hydrogen) atoms. The molecule has 0 saturated carbocycles. The van der Waals surface area contributed by atoms with Crippen molar-refractivity contribution in [3.05, 3.63) is 24.3 Å². The third-order valence-electron chi connectivity index (χ3n) is 4.35. The highest BCUT2D eigenvalue weighted by Gasteiger charge is 2.20. The van der Waals surface area contributed by atoms with E-state index in [1.807, 2.05) is 12.1 Å². The molecule has 5 nitrogen and oxygen atoms in total. The third kappa shape index (κ3) is 4.44. The highest BCUT2D eigenvalue weighted by atomic mass is 32.2. The number of para-hydroxylation sites is 1. The number of benzene rings is 1. The second-order valence-electron chi connectivity index (χ2n) is 5.97. The molecule has 1 aliphatic rings. The molecular formula is C16H27N3O2S. The van der Waals surface area contributed by atoms with E-state index in [9.17, 15) is 8.42 Å². The van der Waals surface area contributed by atoms with Crippen molar-refractivity contribution in [3.63, 3.8) is 0 Å². The van der Waals surface area contributed by atoms with Gasteiger partial charge in [-0.1, -0.05) is 19.1 Å². The summed E-state index contributed by atoms with van der Waals surface area (Å²) in [5.41, 5.74) is 0.698. The number of nitrogens with zero attached hydrogens (tertiary/aromatic N) is 2. The number of anilines is 1. The van der Waals surface area contributed by atoms with Crippen LogP contribution in [0, 0.1) is 0 Å². The van der Waals surface area contributed by atoms with Crippen molar-refractivity contribution in [2.75, 3.05) is 50.8 Å². The number of piperazine rings is 1. The van der Waals surface area contributed by atoms with Gasteiger partial charge >= 0.3 is 0 Å². The van der Waals surface area contributed by atoms with Crippen molar-refractivity contribution in [2.45, 2.75) is 24.8 Å². The Morgan fingerprint density at radius 3 is 2.41 bits per heavy atom. The fraction of sp³-hybridized carbons (Fsp3) is 0.625. The fourth-order valence-corrected chi connectivity index (χ4v) is 3.71. The van der Waals surface area contributed by atoms with E-state index in [1.165, 1.54) is 6.26 Å². The van der Waals surface area contributed by atoms with Crippen LogP contribution in [0.4, 0.5) is 5.69 Å². The summed E-state index contributed by atoms with van der Waals surface area (Å²) in [6, 6.07) is 7.49. The van der Waals surface area contributed by atoms with Gasteiger partial charge in [-0.25, -0.2) is 8.42 Å². The molecule has 0 unspecified atom stereocenters. The molecule has 0 aliphatic carbocycles. The topological polar surface area (TPSA) is 52.6 Å². The van der Waals surface area contributed by atoms with Crippen LogP contribution in [-0.4, -0.2) is 69.8 Å². The minimum atomic E-state index is -3.20. The molecule has 1 aromatic carbocycles. The van der Waals surface area contributed by atoms with Crippen LogP contribution in [0.2, 0.25) is 0 Å². The normalized spacial score (nSPS) is 19.0. The third-order valence-corrected chi connectivity index (χ3v) is 5.51. The van der Waals surface area contributed by atoms with E-state index in [2.05, 4.69) is 29.0 Å². The molecule has 0 amide bonds. The second kappa shape index (κ2) is 7.44. The molecule has 0 aromatic heterocycles. The van der Waals surface area contributed by atoms with Gasteiger partial charge in [0.15, 0.2) is 9.84 Å². The van der Waals surface area contributed by atoms with Gasteiger partial charge in [0.05, 0.1) is 10.6 Å².